The normalized spacial score (nSPS) is 15.6. The third-order valence-electron chi connectivity index (χ3n) is 4.81. The van der Waals surface area contributed by atoms with Crippen LogP contribution in [0.15, 0.2) is 22.6 Å². The molecule has 140 valence electrons. The van der Waals surface area contributed by atoms with Gasteiger partial charge in [0.1, 0.15) is 5.76 Å². The lowest BCUT2D eigenvalue weighted by Gasteiger charge is -2.27. The van der Waals surface area contributed by atoms with Gasteiger partial charge in [-0.1, -0.05) is 13.8 Å². The van der Waals surface area contributed by atoms with E-state index in [2.05, 4.69) is 15.5 Å². The van der Waals surface area contributed by atoms with Gasteiger partial charge in [0.2, 0.25) is 0 Å². The van der Waals surface area contributed by atoms with Crippen molar-refractivity contribution in [3.8, 4) is 10.6 Å². The highest BCUT2D eigenvalue weighted by Crippen LogP contribution is 2.38. The topological polar surface area (TPSA) is 88.0 Å². The molecule has 3 heterocycles. The Bertz CT molecular complexity index is 1050. The number of nitrogens with one attached hydrogen (secondary N) is 2. The Morgan fingerprint density at radius 3 is 2.78 bits per heavy atom. The lowest BCUT2D eigenvalue weighted by Crippen LogP contribution is -2.26. The Morgan fingerprint density at radius 2 is 2.07 bits per heavy atom. The number of carbonyl (C=O) groups excluding carboxylic acids is 2. The van der Waals surface area contributed by atoms with Gasteiger partial charge in [-0.3, -0.25) is 14.7 Å². The number of furan rings is 1. The number of amides is 1. The third kappa shape index (κ3) is 3.23. The van der Waals surface area contributed by atoms with Crippen LogP contribution >= 0.6 is 11.3 Å². The Balaban J connectivity index is 1.58. The molecule has 0 unspecified atom stereocenters. The summed E-state index contributed by atoms with van der Waals surface area (Å²) in [6, 6.07) is 5.83. The van der Waals surface area contributed by atoms with E-state index in [1.165, 1.54) is 4.88 Å². The molecule has 4 rings (SSSR count). The first kappa shape index (κ1) is 17.7. The van der Waals surface area contributed by atoms with Crippen molar-refractivity contribution >= 4 is 28.8 Å². The Morgan fingerprint density at radius 1 is 1.30 bits per heavy atom. The molecule has 6 nitrogen and oxygen atoms in total. The number of rotatable bonds is 3. The summed E-state index contributed by atoms with van der Waals surface area (Å²) in [5.41, 5.74) is 1.86. The average Bonchev–Trinajstić information content (AvgIpc) is 3.25. The first-order valence-electron chi connectivity index (χ1n) is 8.82. The Hall–Kier alpha value is -2.67. The van der Waals surface area contributed by atoms with Gasteiger partial charge < -0.3 is 9.73 Å². The predicted octanol–water partition coefficient (Wildman–Crippen LogP) is 4.76. The van der Waals surface area contributed by atoms with Gasteiger partial charge in [0, 0.05) is 29.3 Å². The highest BCUT2D eigenvalue weighted by Gasteiger charge is 2.37. The molecule has 1 amide bonds. The summed E-state index contributed by atoms with van der Waals surface area (Å²) in [4.78, 5) is 27.4. The largest absolute Gasteiger partial charge is 0.455 e. The molecule has 0 aliphatic heterocycles. The lowest BCUT2D eigenvalue weighted by atomic mass is 9.76. The van der Waals surface area contributed by atoms with Crippen LogP contribution in [0.4, 0.5) is 5.82 Å². The molecular weight excluding hydrogens is 362 g/mol. The number of fused-ring (bicyclic) bond motifs is 1. The van der Waals surface area contributed by atoms with Crippen LogP contribution in [-0.4, -0.2) is 21.9 Å². The molecule has 0 bridgehead atoms. The van der Waals surface area contributed by atoms with Crippen LogP contribution in [0.5, 0.6) is 0 Å². The molecule has 0 fully saturated rings. The fourth-order valence-electron chi connectivity index (χ4n) is 3.56. The minimum Gasteiger partial charge on any atom is -0.455 e. The number of anilines is 1. The van der Waals surface area contributed by atoms with Crippen molar-refractivity contribution in [3.05, 3.63) is 45.7 Å². The van der Waals surface area contributed by atoms with Crippen LogP contribution in [0.1, 0.15) is 57.4 Å². The second-order valence-corrected chi connectivity index (χ2v) is 9.11. The number of Topliss-reactive ketones (excluding diaryl/α,β-unsaturated/α-hetero) is 1. The van der Waals surface area contributed by atoms with Gasteiger partial charge in [-0.15, -0.1) is 11.3 Å². The zero-order chi connectivity index (χ0) is 19.3. The fraction of sp³-hybridized carbons (Fsp3) is 0.350. The second-order valence-electron chi connectivity index (χ2n) is 7.83. The maximum absolute atomic E-state index is 12.7. The minimum absolute atomic E-state index is 0.0386. The summed E-state index contributed by atoms with van der Waals surface area (Å²) in [5.74, 6) is 0.851. The molecule has 0 radical (unpaired) electrons. The van der Waals surface area contributed by atoms with E-state index in [0.717, 1.165) is 10.6 Å². The van der Waals surface area contributed by atoms with E-state index < -0.39 is 5.91 Å². The van der Waals surface area contributed by atoms with Gasteiger partial charge in [0.05, 0.1) is 16.1 Å². The van der Waals surface area contributed by atoms with Gasteiger partial charge in [-0.2, -0.15) is 5.10 Å². The van der Waals surface area contributed by atoms with Crippen molar-refractivity contribution in [1.82, 2.24) is 10.2 Å². The van der Waals surface area contributed by atoms with E-state index in [1.807, 2.05) is 32.9 Å². The molecule has 27 heavy (non-hydrogen) atoms. The summed E-state index contributed by atoms with van der Waals surface area (Å²) >= 11 is 1.65. The van der Waals surface area contributed by atoms with Crippen molar-refractivity contribution < 1.29 is 14.0 Å². The SMILES string of the molecule is Cc1ccc(-c2cc(NC(=O)c3oc4c(c3C)C(=O)CC(C)(C)C4)n[nH]2)s1. The lowest BCUT2D eigenvalue weighted by molar-refractivity contribution is 0.0898. The number of hydrogen-bond donors (Lipinski definition) is 2. The van der Waals surface area contributed by atoms with E-state index >= 15 is 0 Å². The van der Waals surface area contributed by atoms with Crippen molar-refractivity contribution in [2.75, 3.05) is 5.32 Å². The van der Waals surface area contributed by atoms with Crippen LogP contribution in [0.3, 0.4) is 0 Å². The highest BCUT2D eigenvalue weighted by atomic mass is 32.1. The van der Waals surface area contributed by atoms with Gasteiger partial charge in [-0.05, 0) is 31.4 Å². The number of aromatic nitrogens is 2. The molecule has 3 aromatic rings. The zero-order valence-corrected chi connectivity index (χ0v) is 16.5. The number of nitrogens with zero attached hydrogens (tertiary/aromatic N) is 1. The van der Waals surface area contributed by atoms with Crippen molar-refractivity contribution in [2.24, 2.45) is 5.41 Å². The second kappa shape index (κ2) is 6.20. The summed E-state index contributed by atoms with van der Waals surface area (Å²) in [7, 11) is 0. The van der Waals surface area contributed by atoms with Crippen LogP contribution in [0.2, 0.25) is 0 Å². The number of thiophene rings is 1. The maximum atomic E-state index is 12.7. The first-order valence-corrected chi connectivity index (χ1v) is 9.64. The quantitative estimate of drug-likeness (QED) is 0.683. The number of ketones is 1. The maximum Gasteiger partial charge on any atom is 0.292 e. The van der Waals surface area contributed by atoms with Gasteiger partial charge in [0.25, 0.3) is 5.91 Å². The zero-order valence-electron chi connectivity index (χ0n) is 15.7. The van der Waals surface area contributed by atoms with Crippen LogP contribution in [0, 0.1) is 19.3 Å². The highest BCUT2D eigenvalue weighted by molar-refractivity contribution is 7.15. The van der Waals surface area contributed by atoms with E-state index in [0.29, 0.717) is 35.5 Å². The molecule has 0 saturated heterocycles. The van der Waals surface area contributed by atoms with Crippen molar-refractivity contribution in [3.63, 3.8) is 0 Å². The first-order chi connectivity index (χ1) is 12.7. The molecule has 7 heteroatoms. The van der Waals surface area contributed by atoms with E-state index in [4.69, 9.17) is 4.42 Å². The summed E-state index contributed by atoms with van der Waals surface area (Å²) in [5, 5.41) is 9.85. The van der Waals surface area contributed by atoms with Crippen molar-refractivity contribution in [2.45, 2.75) is 40.5 Å². The van der Waals surface area contributed by atoms with E-state index in [1.54, 1.807) is 24.3 Å². The fourth-order valence-corrected chi connectivity index (χ4v) is 4.40. The Kier molecular flexibility index (Phi) is 4.07. The van der Waals surface area contributed by atoms with E-state index in [-0.39, 0.29) is 17.0 Å². The van der Waals surface area contributed by atoms with Gasteiger partial charge >= 0.3 is 0 Å². The number of aryl methyl sites for hydroxylation is 1. The molecule has 0 aromatic carbocycles. The van der Waals surface area contributed by atoms with E-state index in [9.17, 15) is 9.59 Å². The number of carbonyl (C=O) groups is 2. The summed E-state index contributed by atoms with van der Waals surface area (Å²) in [6.07, 6.45) is 1.11. The third-order valence-corrected chi connectivity index (χ3v) is 5.84. The summed E-state index contributed by atoms with van der Waals surface area (Å²) in [6.45, 7) is 7.86. The van der Waals surface area contributed by atoms with Gasteiger partial charge in [-0.25, -0.2) is 0 Å². The molecule has 0 saturated carbocycles. The molecule has 3 aromatic heterocycles. The average molecular weight is 383 g/mol. The van der Waals surface area contributed by atoms with Gasteiger partial charge in [0.15, 0.2) is 17.4 Å². The predicted molar refractivity (Wildman–Crippen MR) is 104 cm³/mol. The number of hydrogen-bond acceptors (Lipinski definition) is 5. The molecule has 0 atom stereocenters. The smallest absolute Gasteiger partial charge is 0.292 e. The van der Waals surface area contributed by atoms with Crippen LogP contribution in [0.25, 0.3) is 10.6 Å². The summed E-state index contributed by atoms with van der Waals surface area (Å²) < 4.78 is 5.80. The Labute approximate surface area is 161 Å². The molecule has 1 aliphatic carbocycles. The van der Waals surface area contributed by atoms with Crippen LogP contribution < -0.4 is 5.32 Å². The molecular formula is C20H21N3O3S. The van der Waals surface area contributed by atoms with Crippen LogP contribution in [-0.2, 0) is 6.42 Å². The van der Waals surface area contributed by atoms with Crippen molar-refractivity contribution in [1.29, 1.82) is 0 Å². The molecule has 2 N–H and O–H groups in total. The number of H-pyrrole nitrogens is 1. The number of aromatic amines is 1. The standard InChI is InChI=1S/C20H21N3O3S/c1-10-5-6-15(27-10)12-7-16(23-22-12)21-19(25)18-11(2)17-13(24)8-20(3,4)9-14(17)26-18/h5-7H,8-9H2,1-4H3,(H2,21,22,23,25). The molecule has 1 aliphatic rings. The monoisotopic (exact) mass is 383 g/mol. The molecule has 0 spiro atoms. The minimum atomic E-state index is -0.395.